The van der Waals surface area contributed by atoms with Gasteiger partial charge in [-0.05, 0) is 38.2 Å². The zero-order chi connectivity index (χ0) is 22.1. The van der Waals surface area contributed by atoms with Gasteiger partial charge < -0.3 is 19.2 Å². The highest BCUT2D eigenvalue weighted by Gasteiger charge is 2.48. The monoisotopic (exact) mass is 433 g/mol. The Labute approximate surface area is 188 Å². The van der Waals surface area contributed by atoms with Crippen LogP contribution in [0.2, 0.25) is 0 Å². The lowest BCUT2D eigenvalue weighted by Crippen LogP contribution is -2.65. The Bertz CT molecular complexity index is 1110. The number of aromatic nitrogens is 1. The summed E-state index contributed by atoms with van der Waals surface area (Å²) in [6, 6.07) is 14.2. The minimum atomic E-state index is -0.943. The van der Waals surface area contributed by atoms with Crippen molar-refractivity contribution in [2.24, 2.45) is 0 Å². The molecule has 1 aromatic carbocycles. The van der Waals surface area contributed by atoms with Crippen LogP contribution in [0.4, 0.5) is 0 Å². The Kier molecular flexibility index (Phi) is 5.53. The molecule has 2 aliphatic rings. The molecule has 0 bridgehead atoms. The van der Waals surface area contributed by atoms with E-state index in [1.54, 1.807) is 17.2 Å². The topological polar surface area (TPSA) is 67.5 Å². The maximum atomic E-state index is 13.6. The van der Waals surface area contributed by atoms with Gasteiger partial charge in [0.2, 0.25) is 5.91 Å². The smallest absolute Gasteiger partial charge is 0.271 e. The Morgan fingerprint density at radius 2 is 1.94 bits per heavy atom. The van der Waals surface area contributed by atoms with E-state index in [9.17, 15) is 9.59 Å². The highest BCUT2D eigenvalue weighted by Crippen LogP contribution is 2.33. The van der Waals surface area contributed by atoms with E-state index in [1.165, 1.54) is 12.0 Å². The lowest BCUT2D eigenvalue weighted by Gasteiger charge is -2.45. The normalized spacial score (nSPS) is 21.7. The van der Waals surface area contributed by atoms with Crippen molar-refractivity contribution >= 4 is 22.9 Å². The van der Waals surface area contributed by atoms with E-state index in [0.717, 1.165) is 44.0 Å². The van der Waals surface area contributed by atoms with Crippen molar-refractivity contribution in [2.45, 2.75) is 70.0 Å². The Morgan fingerprint density at radius 3 is 2.72 bits per heavy atom. The predicted molar refractivity (Wildman–Crippen MR) is 123 cm³/mol. The van der Waals surface area contributed by atoms with E-state index in [0.29, 0.717) is 24.4 Å². The van der Waals surface area contributed by atoms with E-state index in [4.69, 9.17) is 4.42 Å². The molecule has 32 heavy (non-hydrogen) atoms. The van der Waals surface area contributed by atoms with Crippen molar-refractivity contribution in [3.63, 3.8) is 0 Å². The average molecular weight is 434 g/mol. The van der Waals surface area contributed by atoms with Gasteiger partial charge in [-0.2, -0.15) is 0 Å². The fourth-order valence-electron chi connectivity index (χ4n) is 5.30. The molecule has 5 rings (SSSR count). The van der Waals surface area contributed by atoms with E-state index in [2.05, 4.69) is 17.4 Å². The van der Waals surface area contributed by atoms with Crippen LogP contribution in [0.15, 0.2) is 53.1 Å². The number of carbonyl (C=O) groups is 2. The summed E-state index contributed by atoms with van der Waals surface area (Å²) in [5, 5.41) is 3.28. The third-order valence-electron chi connectivity index (χ3n) is 7.17. The molecule has 1 atom stereocenters. The van der Waals surface area contributed by atoms with E-state index in [-0.39, 0.29) is 17.9 Å². The van der Waals surface area contributed by atoms with Gasteiger partial charge in [-0.1, -0.05) is 49.6 Å². The van der Waals surface area contributed by atoms with Crippen LogP contribution >= 0.6 is 0 Å². The SMILES string of the molecule is C[C@@]1(C(=O)NC2CCCCC2)Cn2c(cc3occc32)C(=O)N1CCCc1ccccc1. The number of nitrogens with one attached hydrogen (secondary N) is 1. The maximum absolute atomic E-state index is 13.6. The molecule has 3 heterocycles. The minimum absolute atomic E-state index is 0.0477. The summed E-state index contributed by atoms with van der Waals surface area (Å²) in [6.45, 7) is 2.89. The number of carbonyl (C=O) groups excluding carboxylic acids is 2. The number of fused-ring (bicyclic) bond motifs is 3. The number of nitrogens with zero attached hydrogens (tertiary/aromatic N) is 2. The fraction of sp³-hybridized carbons (Fsp3) is 0.462. The molecular formula is C26H31N3O3. The largest absolute Gasteiger partial charge is 0.463 e. The van der Waals surface area contributed by atoms with E-state index >= 15 is 0 Å². The molecule has 2 amide bonds. The molecule has 2 aromatic heterocycles. The number of hydrogen-bond acceptors (Lipinski definition) is 3. The molecule has 0 radical (unpaired) electrons. The summed E-state index contributed by atoms with van der Waals surface area (Å²) >= 11 is 0. The molecule has 3 aromatic rings. The molecule has 1 N–H and O–H groups in total. The van der Waals surface area contributed by atoms with Crippen molar-refractivity contribution in [3.05, 3.63) is 60.0 Å². The third kappa shape index (κ3) is 3.72. The zero-order valence-corrected chi connectivity index (χ0v) is 18.7. The highest BCUT2D eigenvalue weighted by atomic mass is 16.3. The second-order valence-electron chi connectivity index (χ2n) is 9.41. The molecule has 1 aliphatic heterocycles. The lowest BCUT2D eigenvalue weighted by molar-refractivity contribution is -0.133. The number of furan rings is 1. The molecule has 1 fully saturated rings. The molecule has 1 saturated carbocycles. The molecular weight excluding hydrogens is 402 g/mol. The van der Waals surface area contributed by atoms with Crippen LogP contribution in [0.3, 0.4) is 0 Å². The first-order valence-corrected chi connectivity index (χ1v) is 11.8. The number of rotatable bonds is 6. The van der Waals surface area contributed by atoms with Crippen molar-refractivity contribution in [3.8, 4) is 0 Å². The van der Waals surface area contributed by atoms with Crippen molar-refractivity contribution in [1.82, 2.24) is 14.8 Å². The van der Waals surface area contributed by atoms with Gasteiger partial charge in [0.05, 0.1) is 18.3 Å². The highest BCUT2D eigenvalue weighted by molar-refractivity contribution is 6.02. The maximum Gasteiger partial charge on any atom is 0.271 e. The summed E-state index contributed by atoms with van der Waals surface area (Å²) in [5.74, 6) is -0.148. The summed E-state index contributed by atoms with van der Waals surface area (Å²) < 4.78 is 7.50. The first kappa shape index (κ1) is 20.9. The number of benzene rings is 1. The minimum Gasteiger partial charge on any atom is -0.463 e. The van der Waals surface area contributed by atoms with Crippen LogP contribution in [0, 0.1) is 0 Å². The van der Waals surface area contributed by atoms with Gasteiger partial charge in [0.25, 0.3) is 5.91 Å². The first-order valence-electron chi connectivity index (χ1n) is 11.8. The van der Waals surface area contributed by atoms with Crippen LogP contribution in [-0.2, 0) is 17.8 Å². The van der Waals surface area contributed by atoms with Gasteiger partial charge in [0.15, 0.2) is 5.58 Å². The number of amides is 2. The van der Waals surface area contributed by atoms with Gasteiger partial charge in [-0.15, -0.1) is 0 Å². The van der Waals surface area contributed by atoms with Gasteiger partial charge in [0, 0.05) is 24.7 Å². The Balaban J connectivity index is 1.42. The quantitative estimate of drug-likeness (QED) is 0.621. The summed E-state index contributed by atoms with van der Waals surface area (Å²) in [6.07, 6.45) is 8.88. The van der Waals surface area contributed by atoms with Gasteiger partial charge in [0.1, 0.15) is 11.2 Å². The predicted octanol–water partition coefficient (Wildman–Crippen LogP) is 4.53. The molecule has 1 aliphatic carbocycles. The fourth-order valence-corrected chi connectivity index (χ4v) is 5.30. The van der Waals surface area contributed by atoms with E-state index < -0.39 is 5.54 Å². The molecule has 0 unspecified atom stereocenters. The third-order valence-corrected chi connectivity index (χ3v) is 7.17. The van der Waals surface area contributed by atoms with Crippen molar-refractivity contribution in [1.29, 1.82) is 0 Å². The van der Waals surface area contributed by atoms with E-state index in [1.807, 2.05) is 35.8 Å². The molecule has 0 spiro atoms. The zero-order valence-electron chi connectivity index (χ0n) is 18.7. The second-order valence-corrected chi connectivity index (χ2v) is 9.41. The van der Waals surface area contributed by atoms with Gasteiger partial charge in [-0.25, -0.2) is 0 Å². The number of hydrogen-bond donors (Lipinski definition) is 1. The lowest BCUT2D eigenvalue weighted by atomic mass is 9.91. The van der Waals surface area contributed by atoms with Crippen molar-refractivity contribution in [2.75, 3.05) is 6.54 Å². The molecule has 0 saturated heterocycles. The summed E-state index contributed by atoms with van der Waals surface area (Å²) in [4.78, 5) is 29.1. The van der Waals surface area contributed by atoms with Crippen LogP contribution in [0.25, 0.3) is 11.1 Å². The molecule has 168 valence electrons. The summed E-state index contributed by atoms with van der Waals surface area (Å²) in [7, 11) is 0. The van der Waals surface area contributed by atoms with Crippen LogP contribution in [0.5, 0.6) is 0 Å². The van der Waals surface area contributed by atoms with Gasteiger partial charge in [-0.3, -0.25) is 9.59 Å². The van der Waals surface area contributed by atoms with Crippen LogP contribution in [0.1, 0.15) is 61.5 Å². The second kappa shape index (κ2) is 8.49. The Hall–Kier alpha value is -3.02. The Morgan fingerprint density at radius 1 is 1.16 bits per heavy atom. The summed E-state index contributed by atoms with van der Waals surface area (Å²) in [5.41, 5.74) is 2.46. The van der Waals surface area contributed by atoms with Gasteiger partial charge >= 0.3 is 0 Å². The molecule has 6 nitrogen and oxygen atoms in total. The number of aryl methyl sites for hydroxylation is 1. The standard InChI is InChI=1S/C26H31N3O3/c1-26(25(31)27-20-12-6-3-7-13-20)18-28-21-14-16-32-23(21)17-22(28)24(30)29(26)15-8-11-19-9-4-2-5-10-19/h2,4-5,9-10,14,16-17,20H,3,6-8,11-13,15,18H2,1H3,(H,27,31)/t26-/m0/s1. The average Bonchev–Trinajstić information content (AvgIpc) is 3.40. The van der Waals surface area contributed by atoms with Crippen LogP contribution < -0.4 is 5.32 Å². The molecule has 6 heteroatoms. The van der Waals surface area contributed by atoms with Crippen molar-refractivity contribution < 1.29 is 14.0 Å². The van der Waals surface area contributed by atoms with Crippen LogP contribution in [-0.4, -0.2) is 39.4 Å². The first-order chi connectivity index (χ1) is 15.6.